The second-order valence-corrected chi connectivity index (χ2v) is 6.21. The Morgan fingerprint density at radius 2 is 1.80 bits per heavy atom. The zero-order valence-corrected chi connectivity index (χ0v) is 14.3. The van der Waals surface area contributed by atoms with Crippen molar-refractivity contribution in [3.63, 3.8) is 0 Å². The molecule has 1 atom stereocenters. The van der Waals surface area contributed by atoms with Crippen LogP contribution in [0, 0.1) is 0 Å². The van der Waals surface area contributed by atoms with E-state index in [-0.39, 0.29) is 17.8 Å². The molecule has 3 rings (SSSR count). The molecule has 0 unspecified atom stereocenters. The van der Waals surface area contributed by atoms with Gasteiger partial charge in [0, 0.05) is 31.2 Å². The van der Waals surface area contributed by atoms with Crippen molar-refractivity contribution >= 4 is 34.9 Å². The summed E-state index contributed by atoms with van der Waals surface area (Å²) in [7, 11) is 2.76. The fraction of sp³-hybridized carbons (Fsp3) is 0.250. The Bertz CT molecular complexity index is 991. The van der Waals surface area contributed by atoms with Crippen molar-refractivity contribution in [3.8, 4) is 0 Å². The third-order valence-electron chi connectivity index (χ3n) is 4.12. The summed E-state index contributed by atoms with van der Waals surface area (Å²) in [5, 5.41) is 5.69. The molecule has 1 aromatic carbocycles. The van der Waals surface area contributed by atoms with Gasteiger partial charge in [-0.2, -0.15) is 0 Å². The normalized spacial score (nSPS) is 16.1. The van der Waals surface area contributed by atoms with E-state index < -0.39 is 29.0 Å². The summed E-state index contributed by atoms with van der Waals surface area (Å²) < 4.78 is 2.06. The number of halogens is 1. The first-order valence-corrected chi connectivity index (χ1v) is 7.83. The van der Waals surface area contributed by atoms with Crippen LogP contribution >= 0.6 is 11.6 Å². The molecular weight excluding hydrogens is 348 g/mol. The fourth-order valence-electron chi connectivity index (χ4n) is 2.79. The minimum atomic E-state index is -0.995. The average molecular weight is 363 g/mol. The molecule has 0 radical (unpaired) electrons. The van der Waals surface area contributed by atoms with Gasteiger partial charge in [-0.25, -0.2) is 4.79 Å². The molecule has 1 aliphatic heterocycles. The van der Waals surface area contributed by atoms with Crippen molar-refractivity contribution in [2.24, 2.45) is 14.1 Å². The van der Waals surface area contributed by atoms with E-state index in [0.29, 0.717) is 10.7 Å². The Labute approximate surface area is 147 Å². The van der Waals surface area contributed by atoms with E-state index >= 15 is 0 Å². The van der Waals surface area contributed by atoms with Crippen LogP contribution in [0.15, 0.2) is 33.9 Å². The van der Waals surface area contributed by atoms with Crippen LogP contribution in [-0.4, -0.2) is 20.9 Å². The zero-order valence-electron chi connectivity index (χ0n) is 13.5. The quantitative estimate of drug-likeness (QED) is 0.824. The number of carbonyl (C=O) groups is 2. The lowest BCUT2D eigenvalue weighted by atomic mass is 9.92. The number of hydrogen-bond acceptors (Lipinski definition) is 4. The van der Waals surface area contributed by atoms with E-state index in [1.807, 2.05) is 0 Å². The average Bonchev–Trinajstić information content (AvgIpc) is 2.59. The van der Waals surface area contributed by atoms with Crippen LogP contribution in [0.3, 0.4) is 0 Å². The summed E-state index contributed by atoms with van der Waals surface area (Å²) >= 11 is 5.81. The third-order valence-corrected chi connectivity index (χ3v) is 4.38. The van der Waals surface area contributed by atoms with Crippen LogP contribution in [0.5, 0.6) is 0 Å². The number of carbonyl (C=O) groups excluding carboxylic acids is 2. The number of fused-ring (bicyclic) bond motifs is 1. The summed E-state index contributed by atoms with van der Waals surface area (Å²) in [6.07, 6.45) is -0.181. The highest BCUT2D eigenvalue weighted by Gasteiger charge is 2.35. The van der Waals surface area contributed by atoms with Crippen molar-refractivity contribution in [2.45, 2.75) is 12.3 Å². The van der Waals surface area contributed by atoms with Gasteiger partial charge in [0.15, 0.2) is 0 Å². The molecule has 130 valence electrons. The molecule has 0 fully saturated rings. The number of nitrogens with one attached hydrogen (secondary N) is 2. The number of anilines is 2. The number of benzene rings is 1. The van der Waals surface area contributed by atoms with Crippen LogP contribution < -0.4 is 21.9 Å². The second-order valence-electron chi connectivity index (χ2n) is 5.77. The summed E-state index contributed by atoms with van der Waals surface area (Å²) in [6, 6.07) is 6.45. The third kappa shape index (κ3) is 2.96. The van der Waals surface area contributed by atoms with Crippen LogP contribution in [0.4, 0.5) is 11.5 Å². The van der Waals surface area contributed by atoms with Crippen molar-refractivity contribution in [1.29, 1.82) is 0 Å². The summed E-state index contributed by atoms with van der Waals surface area (Å²) in [5.41, 5.74) is -0.601. The maximum atomic E-state index is 12.7. The molecule has 2 aromatic rings. The minimum absolute atomic E-state index is 0.0561. The maximum absolute atomic E-state index is 12.7. The minimum Gasteiger partial charge on any atom is -0.326 e. The van der Waals surface area contributed by atoms with Crippen molar-refractivity contribution in [2.75, 3.05) is 10.6 Å². The molecule has 2 heterocycles. The Morgan fingerprint density at radius 3 is 2.44 bits per heavy atom. The van der Waals surface area contributed by atoms with Crippen molar-refractivity contribution < 1.29 is 9.59 Å². The van der Waals surface area contributed by atoms with Crippen LogP contribution in [0.2, 0.25) is 5.02 Å². The highest BCUT2D eigenvalue weighted by molar-refractivity contribution is 6.30. The highest BCUT2D eigenvalue weighted by atomic mass is 35.5. The van der Waals surface area contributed by atoms with Gasteiger partial charge in [0.05, 0.1) is 11.5 Å². The highest BCUT2D eigenvalue weighted by Crippen LogP contribution is 2.29. The molecule has 1 aromatic heterocycles. The molecule has 9 heteroatoms. The first-order chi connectivity index (χ1) is 11.8. The molecular formula is C16H15ClN4O4. The van der Waals surface area contributed by atoms with Gasteiger partial charge in [-0.3, -0.25) is 23.5 Å². The molecule has 0 aliphatic carbocycles. The smallest absolute Gasteiger partial charge is 0.326 e. The standard InChI is InChI=1S/C16H15ClN4O4/c1-20-13-12(15(24)21(2)16(20)25)10(7-11(22)19-13)14(23)18-9-5-3-8(17)4-6-9/h3-6,10H,7H2,1-2H3,(H,18,23)(H,19,22)/t10-/m1/s1. The zero-order chi connectivity index (χ0) is 18.3. The number of aromatic nitrogens is 2. The Morgan fingerprint density at radius 1 is 1.16 bits per heavy atom. The predicted octanol–water partition coefficient (Wildman–Crippen LogP) is 0.802. The molecule has 0 spiro atoms. The van der Waals surface area contributed by atoms with Gasteiger partial charge in [0.25, 0.3) is 5.56 Å². The molecule has 0 bridgehead atoms. The van der Waals surface area contributed by atoms with Gasteiger partial charge in [-0.1, -0.05) is 11.6 Å². The number of hydrogen-bond donors (Lipinski definition) is 2. The van der Waals surface area contributed by atoms with Crippen molar-refractivity contribution in [1.82, 2.24) is 9.13 Å². The summed E-state index contributed by atoms with van der Waals surface area (Å²) in [5.74, 6) is -1.88. The topological polar surface area (TPSA) is 102 Å². The van der Waals surface area contributed by atoms with E-state index in [2.05, 4.69) is 10.6 Å². The molecule has 2 N–H and O–H groups in total. The van der Waals surface area contributed by atoms with E-state index in [4.69, 9.17) is 11.6 Å². The lowest BCUT2D eigenvalue weighted by molar-refractivity contribution is -0.123. The first kappa shape index (κ1) is 17.0. The summed E-state index contributed by atoms with van der Waals surface area (Å²) in [6.45, 7) is 0. The molecule has 2 amide bonds. The van der Waals surface area contributed by atoms with E-state index in [1.54, 1.807) is 24.3 Å². The van der Waals surface area contributed by atoms with Crippen molar-refractivity contribution in [3.05, 3.63) is 55.7 Å². The lowest BCUT2D eigenvalue weighted by Gasteiger charge is -2.26. The van der Waals surface area contributed by atoms with E-state index in [0.717, 1.165) is 9.13 Å². The number of nitrogens with zero attached hydrogens (tertiary/aromatic N) is 2. The Hall–Kier alpha value is -2.87. The van der Waals surface area contributed by atoms with Crippen LogP contribution in [0.1, 0.15) is 17.9 Å². The van der Waals surface area contributed by atoms with Crippen LogP contribution in [-0.2, 0) is 23.7 Å². The van der Waals surface area contributed by atoms with Gasteiger partial charge >= 0.3 is 5.69 Å². The van der Waals surface area contributed by atoms with Gasteiger partial charge in [0.1, 0.15) is 5.82 Å². The second kappa shape index (κ2) is 6.21. The SMILES string of the molecule is Cn1c2c(c(=O)n(C)c1=O)[C@H](C(=O)Nc1ccc(Cl)cc1)CC(=O)N2. The first-order valence-electron chi connectivity index (χ1n) is 7.45. The monoisotopic (exact) mass is 362 g/mol. The van der Waals surface area contributed by atoms with E-state index in [1.165, 1.54) is 14.1 Å². The van der Waals surface area contributed by atoms with Gasteiger partial charge < -0.3 is 10.6 Å². The predicted molar refractivity (Wildman–Crippen MR) is 93.0 cm³/mol. The molecule has 0 saturated heterocycles. The number of amides is 2. The molecule has 25 heavy (non-hydrogen) atoms. The molecule has 0 saturated carbocycles. The molecule has 8 nitrogen and oxygen atoms in total. The van der Waals surface area contributed by atoms with Gasteiger partial charge in [0.2, 0.25) is 11.8 Å². The van der Waals surface area contributed by atoms with E-state index in [9.17, 15) is 19.2 Å². The number of rotatable bonds is 2. The molecule has 1 aliphatic rings. The summed E-state index contributed by atoms with van der Waals surface area (Å²) in [4.78, 5) is 49.2. The van der Waals surface area contributed by atoms with Crippen LogP contribution in [0.25, 0.3) is 0 Å². The maximum Gasteiger partial charge on any atom is 0.332 e. The fourth-order valence-corrected chi connectivity index (χ4v) is 2.92. The largest absolute Gasteiger partial charge is 0.332 e. The Balaban J connectivity index is 2.06. The Kier molecular flexibility index (Phi) is 4.22. The van der Waals surface area contributed by atoms with Gasteiger partial charge in [-0.05, 0) is 24.3 Å². The lowest BCUT2D eigenvalue weighted by Crippen LogP contribution is -2.45. The van der Waals surface area contributed by atoms with Gasteiger partial charge in [-0.15, -0.1) is 0 Å².